The van der Waals surface area contributed by atoms with Gasteiger partial charge in [0.2, 0.25) is 0 Å². The molecule has 0 unspecified atom stereocenters. The number of nitrogens with zero attached hydrogens (tertiary/aromatic N) is 1. The minimum Gasteiger partial charge on any atom is -0.459 e. The zero-order valence-electron chi connectivity index (χ0n) is 12.0. The van der Waals surface area contributed by atoms with Crippen LogP contribution in [0.3, 0.4) is 0 Å². The molecule has 1 heterocycles. The number of nitrogens with one attached hydrogen (secondary N) is 1. The molecule has 19 heavy (non-hydrogen) atoms. The maximum absolute atomic E-state index is 5.99. The molecule has 3 nitrogen and oxygen atoms in total. The summed E-state index contributed by atoms with van der Waals surface area (Å²) in [4.78, 5) is 2.22. The number of para-hydroxylation sites is 1. The summed E-state index contributed by atoms with van der Waals surface area (Å²) in [6.07, 6.45) is 0. The van der Waals surface area contributed by atoms with Gasteiger partial charge in [-0.15, -0.1) is 0 Å². The Balaban J connectivity index is 2.30. The van der Waals surface area contributed by atoms with Gasteiger partial charge in [-0.3, -0.25) is 4.90 Å². The average Bonchev–Trinajstić information content (AvgIpc) is 2.67. The van der Waals surface area contributed by atoms with E-state index in [9.17, 15) is 0 Å². The Kier molecular flexibility index (Phi) is 4.40. The number of hydrogen-bond donors (Lipinski definition) is 1. The van der Waals surface area contributed by atoms with Crippen molar-refractivity contribution in [3.63, 3.8) is 0 Å². The van der Waals surface area contributed by atoms with E-state index in [2.05, 4.69) is 36.0 Å². The van der Waals surface area contributed by atoms with Crippen LogP contribution in [0, 0.1) is 0 Å². The van der Waals surface area contributed by atoms with Crippen LogP contribution in [-0.2, 0) is 13.1 Å². The van der Waals surface area contributed by atoms with E-state index in [0.29, 0.717) is 0 Å². The van der Waals surface area contributed by atoms with Crippen LogP contribution in [0.25, 0.3) is 11.0 Å². The van der Waals surface area contributed by atoms with Crippen LogP contribution in [0.5, 0.6) is 0 Å². The lowest BCUT2D eigenvalue weighted by Gasteiger charge is -2.15. The highest BCUT2D eigenvalue weighted by Gasteiger charge is 2.14. The Morgan fingerprint density at radius 2 is 2.11 bits per heavy atom. The van der Waals surface area contributed by atoms with Gasteiger partial charge in [-0.25, -0.2) is 0 Å². The van der Waals surface area contributed by atoms with Gasteiger partial charge in [-0.1, -0.05) is 30.4 Å². The minimum atomic E-state index is 0.804. The standard InChI is InChI=1S/C16H22N2O/c1-12(2)10-18(4)11-16-14(9-17-3)13-7-5-6-8-15(13)19-16/h5-8,17H,1,9-11H2,2-4H3. The molecule has 1 N–H and O–H groups in total. The van der Waals surface area contributed by atoms with Crippen LogP contribution < -0.4 is 5.32 Å². The van der Waals surface area contributed by atoms with E-state index >= 15 is 0 Å². The van der Waals surface area contributed by atoms with Crippen molar-refractivity contribution >= 4 is 11.0 Å². The highest BCUT2D eigenvalue weighted by atomic mass is 16.3. The molecule has 102 valence electrons. The van der Waals surface area contributed by atoms with Crippen molar-refractivity contribution < 1.29 is 4.42 Å². The largest absolute Gasteiger partial charge is 0.459 e. The summed E-state index contributed by atoms with van der Waals surface area (Å²) in [7, 11) is 4.05. The number of furan rings is 1. The molecule has 0 spiro atoms. The van der Waals surface area contributed by atoms with Crippen molar-refractivity contribution in [2.75, 3.05) is 20.6 Å². The Hall–Kier alpha value is -1.58. The summed E-state index contributed by atoms with van der Waals surface area (Å²) in [5.41, 5.74) is 3.38. The van der Waals surface area contributed by atoms with Gasteiger partial charge in [0, 0.05) is 24.0 Å². The van der Waals surface area contributed by atoms with Crippen molar-refractivity contribution in [1.82, 2.24) is 10.2 Å². The number of hydrogen-bond acceptors (Lipinski definition) is 3. The minimum absolute atomic E-state index is 0.804. The topological polar surface area (TPSA) is 28.4 Å². The summed E-state index contributed by atoms with van der Waals surface area (Å²) in [6, 6.07) is 8.21. The van der Waals surface area contributed by atoms with Crippen LogP contribution in [-0.4, -0.2) is 25.5 Å². The maximum Gasteiger partial charge on any atom is 0.134 e. The molecule has 2 aromatic rings. The van der Waals surface area contributed by atoms with Crippen molar-refractivity contribution in [2.24, 2.45) is 0 Å². The normalized spacial score (nSPS) is 11.4. The van der Waals surface area contributed by atoms with Crippen LogP contribution in [0.2, 0.25) is 0 Å². The third-order valence-electron chi connectivity index (χ3n) is 3.09. The van der Waals surface area contributed by atoms with Gasteiger partial charge in [-0.2, -0.15) is 0 Å². The molecule has 0 fully saturated rings. The van der Waals surface area contributed by atoms with E-state index in [0.717, 1.165) is 36.6 Å². The van der Waals surface area contributed by atoms with Crippen LogP contribution in [0.15, 0.2) is 40.8 Å². The predicted molar refractivity (Wildman–Crippen MR) is 80.1 cm³/mol. The van der Waals surface area contributed by atoms with E-state index in [1.165, 1.54) is 10.9 Å². The fraction of sp³-hybridized carbons (Fsp3) is 0.375. The molecule has 0 atom stereocenters. The lowest BCUT2D eigenvalue weighted by atomic mass is 10.1. The Bertz CT molecular complexity index is 571. The van der Waals surface area contributed by atoms with Gasteiger partial charge < -0.3 is 9.73 Å². The first-order valence-corrected chi connectivity index (χ1v) is 6.58. The van der Waals surface area contributed by atoms with Gasteiger partial charge in [0.05, 0.1) is 6.54 Å². The van der Waals surface area contributed by atoms with Gasteiger partial charge >= 0.3 is 0 Å². The molecule has 0 bridgehead atoms. The lowest BCUT2D eigenvalue weighted by Crippen LogP contribution is -2.20. The Morgan fingerprint density at radius 3 is 2.79 bits per heavy atom. The van der Waals surface area contributed by atoms with Crippen LogP contribution >= 0.6 is 0 Å². The van der Waals surface area contributed by atoms with Crippen molar-refractivity contribution in [3.8, 4) is 0 Å². The molecule has 0 amide bonds. The SMILES string of the molecule is C=C(C)CN(C)Cc1oc2ccccc2c1CNC. The first-order chi connectivity index (χ1) is 9.11. The zero-order valence-corrected chi connectivity index (χ0v) is 12.0. The smallest absolute Gasteiger partial charge is 0.134 e. The summed E-state index contributed by atoms with van der Waals surface area (Å²) >= 11 is 0. The summed E-state index contributed by atoms with van der Waals surface area (Å²) < 4.78 is 5.99. The fourth-order valence-corrected chi connectivity index (χ4v) is 2.41. The Morgan fingerprint density at radius 1 is 1.37 bits per heavy atom. The molecule has 0 saturated heterocycles. The summed E-state index contributed by atoms with van der Waals surface area (Å²) in [5, 5.41) is 4.42. The van der Waals surface area contributed by atoms with E-state index in [-0.39, 0.29) is 0 Å². The molecule has 0 aliphatic rings. The molecule has 0 saturated carbocycles. The molecular formula is C16H22N2O. The van der Waals surface area contributed by atoms with Crippen molar-refractivity contribution in [2.45, 2.75) is 20.0 Å². The Labute approximate surface area is 114 Å². The number of likely N-dealkylation sites (N-methyl/N-ethyl adjacent to an activating group) is 1. The van der Waals surface area contributed by atoms with E-state index in [1.54, 1.807) is 0 Å². The second-order valence-corrected chi connectivity index (χ2v) is 5.16. The monoisotopic (exact) mass is 258 g/mol. The van der Waals surface area contributed by atoms with Crippen molar-refractivity contribution in [3.05, 3.63) is 47.7 Å². The van der Waals surface area contributed by atoms with Gasteiger partial charge in [-0.05, 0) is 27.1 Å². The summed E-state index contributed by atoms with van der Waals surface area (Å²) in [6.45, 7) is 8.51. The number of rotatable bonds is 6. The third kappa shape index (κ3) is 3.25. The first kappa shape index (κ1) is 13.8. The average molecular weight is 258 g/mol. The third-order valence-corrected chi connectivity index (χ3v) is 3.09. The maximum atomic E-state index is 5.99. The van der Waals surface area contributed by atoms with Crippen molar-refractivity contribution in [1.29, 1.82) is 0 Å². The van der Waals surface area contributed by atoms with E-state index < -0.39 is 0 Å². The fourth-order valence-electron chi connectivity index (χ4n) is 2.41. The number of fused-ring (bicyclic) bond motifs is 1. The molecule has 0 radical (unpaired) electrons. The molecular weight excluding hydrogens is 236 g/mol. The molecule has 1 aromatic heterocycles. The molecule has 0 aliphatic heterocycles. The first-order valence-electron chi connectivity index (χ1n) is 6.58. The van der Waals surface area contributed by atoms with Crippen LogP contribution in [0.4, 0.5) is 0 Å². The van der Waals surface area contributed by atoms with Gasteiger partial charge in [0.1, 0.15) is 11.3 Å². The van der Waals surface area contributed by atoms with E-state index in [4.69, 9.17) is 4.42 Å². The molecule has 2 rings (SSSR count). The van der Waals surface area contributed by atoms with Gasteiger partial charge in [0.15, 0.2) is 0 Å². The molecule has 1 aromatic carbocycles. The second-order valence-electron chi connectivity index (χ2n) is 5.16. The highest BCUT2D eigenvalue weighted by molar-refractivity contribution is 5.82. The second kappa shape index (κ2) is 6.04. The van der Waals surface area contributed by atoms with Gasteiger partial charge in [0.25, 0.3) is 0 Å². The van der Waals surface area contributed by atoms with Crippen LogP contribution in [0.1, 0.15) is 18.2 Å². The highest BCUT2D eigenvalue weighted by Crippen LogP contribution is 2.26. The lowest BCUT2D eigenvalue weighted by molar-refractivity contribution is 0.320. The molecule has 3 heteroatoms. The molecule has 0 aliphatic carbocycles. The predicted octanol–water partition coefficient (Wildman–Crippen LogP) is 3.16. The number of benzene rings is 1. The summed E-state index contributed by atoms with van der Waals surface area (Å²) in [5.74, 6) is 1.04. The zero-order chi connectivity index (χ0) is 13.8. The van der Waals surface area contributed by atoms with E-state index in [1.807, 2.05) is 26.1 Å². The quantitative estimate of drug-likeness (QED) is 0.807.